The number of hydrogen-bond donors (Lipinski definition) is 2. The molecular formula is C17H14FNO4. The van der Waals surface area contributed by atoms with Gasteiger partial charge in [0.1, 0.15) is 17.8 Å². The molecule has 2 N–H and O–H groups in total. The van der Waals surface area contributed by atoms with Gasteiger partial charge in [-0.1, -0.05) is 12.1 Å². The molecule has 0 bridgehead atoms. The zero-order chi connectivity index (χ0) is 16.6. The second kappa shape index (κ2) is 5.64. The third-order valence-corrected chi connectivity index (χ3v) is 3.58. The van der Waals surface area contributed by atoms with E-state index < -0.39 is 11.5 Å². The van der Waals surface area contributed by atoms with Gasteiger partial charge < -0.3 is 19.2 Å². The first kappa shape index (κ1) is 14.9. The number of benzene rings is 1. The van der Waals surface area contributed by atoms with Crippen LogP contribution in [0.5, 0.6) is 11.6 Å². The quantitative estimate of drug-likeness (QED) is 0.726. The molecule has 0 fully saturated rings. The van der Waals surface area contributed by atoms with Crippen molar-refractivity contribution in [1.82, 2.24) is 4.57 Å². The maximum Gasteiger partial charge on any atom is 0.235 e. The van der Waals surface area contributed by atoms with Crippen molar-refractivity contribution in [3.63, 3.8) is 0 Å². The van der Waals surface area contributed by atoms with Gasteiger partial charge in [-0.25, -0.2) is 4.39 Å². The van der Waals surface area contributed by atoms with Gasteiger partial charge in [0.15, 0.2) is 5.75 Å². The fraction of sp³-hybridized carbons (Fsp3) is 0.118. The van der Waals surface area contributed by atoms with Crippen LogP contribution in [0, 0.1) is 5.82 Å². The number of ketones is 1. The fourth-order valence-corrected chi connectivity index (χ4v) is 2.32. The Kier molecular flexibility index (Phi) is 3.65. The summed E-state index contributed by atoms with van der Waals surface area (Å²) in [4.78, 5) is 12.3. The lowest BCUT2D eigenvalue weighted by molar-refractivity contribution is 0.103. The zero-order valence-electron chi connectivity index (χ0n) is 12.3. The van der Waals surface area contributed by atoms with Crippen molar-refractivity contribution in [3.8, 4) is 11.6 Å². The molecule has 1 aromatic carbocycles. The van der Waals surface area contributed by atoms with Crippen LogP contribution in [0.4, 0.5) is 4.39 Å². The van der Waals surface area contributed by atoms with E-state index in [1.54, 1.807) is 18.2 Å². The number of aromatic hydroxyl groups is 2. The van der Waals surface area contributed by atoms with E-state index in [2.05, 4.69) is 0 Å². The van der Waals surface area contributed by atoms with Gasteiger partial charge in [-0.05, 0) is 23.8 Å². The summed E-state index contributed by atoms with van der Waals surface area (Å²) in [5.41, 5.74) is 1.11. The van der Waals surface area contributed by atoms with Crippen LogP contribution in [0.1, 0.15) is 27.2 Å². The summed E-state index contributed by atoms with van der Waals surface area (Å²) in [6.45, 7) is 0. The van der Waals surface area contributed by atoms with Crippen LogP contribution in [0.3, 0.4) is 0 Å². The molecule has 0 saturated heterocycles. The van der Waals surface area contributed by atoms with Crippen LogP contribution >= 0.6 is 0 Å². The average molecular weight is 315 g/mol. The number of hydrogen-bond acceptors (Lipinski definition) is 4. The molecule has 0 atom stereocenters. The molecule has 0 saturated carbocycles. The number of carbonyl (C=O) groups is 1. The smallest absolute Gasteiger partial charge is 0.235 e. The molecule has 0 spiro atoms. The Morgan fingerprint density at radius 1 is 1.26 bits per heavy atom. The van der Waals surface area contributed by atoms with E-state index in [0.717, 1.165) is 5.56 Å². The van der Waals surface area contributed by atoms with Crippen molar-refractivity contribution >= 4 is 5.78 Å². The monoisotopic (exact) mass is 315 g/mol. The van der Waals surface area contributed by atoms with Gasteiger partial charge in [0, 0.05) is 19.7 Å². The molecular weight excluding hydrogens is 301 g/mol. The average Bonchev–Trinajstić information content (AvgIpc) is 3.10. The first-order chi connectivity index (χ1) is 11.0. The van der Waals surface area contributed by atoms with Gasteiger partial charge in [0.2, 0.25) is 11.7 Å². The molecule has 0 aliphatic carbocycles. The largest absolute Gasteiger partial charge is 0.503 e. The zero-order valence-corrected chi connectivity index (χ0v) is 12.3. The lowest BCUT2D eigenvalue weighted by atomic mass is 10.1. The molecule has 0 aliphatic rings. The summed E-state index contributed by atoms with van der Waals surface area (Å²) in [7, 11) is 1.52. The highest BCUT2D eigenvalue weighted by Gasteiger charge is 2.21. The number of nitrogens with zero attached hydrogens (tertiary/aromatic N) is 1. The minimum Gasteiger partial charge on any atom is -0.503 e. The molecule has 3 rings (SSSR count). The van der Waals surface area contributed by atoms with Crippen LogP contribution in [0.25, 0.3) is 0 Å². The molecule has 23 heavy (non-hydrogen) atoms. The van der Waals surface area contributed by atoms with Crippen molar-refractivity contribution < 1.29 is 23.8 Å². The number of carbonyl (C=O) groups excluding carboxylic acids is 1. The van der Waals surface area contributed by atoms with Crippen molar-refractivity contribution in [2.75, 3.05) is 0 Å². The molecule has 2 heterocycles. The normalized spacial score (nSPS) is 10.9. The molecule has 0 amide bonds. The van der Waals surface area contributed by atoms with E-state index in [4.69, 9.17) is 4.42 Å². The maximum absolute atomic E-state index is 12.9. The number of rotatable bonds is 4. The van der Waals surface area contributed by atoms with Crippen molar-refractivity contribution in [3.05, 3.63) is 71.1 Å². The van der Waals surface area contributed by atoms with Crippen molar-refractivity contribution in [2.45, 2.75) is 6.42 Å². The summed E-state index contributed by atoms with van der Waals surface area (Å²) in [6, 6.07) is 7.56. The molecule has 0 radical (unpaired) electrons. The van der Waals surface area contributed by atoms with Crippen LogP contribution in [-0.2, 0) is 13.5 Å². The highest BCUT2D eigenvalue weighted by Crippen LogP contribution is 2.32. The van der Waals surface area contributed by atoms with Crippen LogP contribution < -0.4 is 0 Å². The molecule has 6 heteroatoms. The molecule has 118 valence electrons. The number of furan rings is 1. The van der Waals surface area contributed by atoms with Gasteiger partial charge in [0.25, 0.3) is 0 Å². The Morgan fingerprint density at radius 2 is 1.96 bits per heavy atom. The molecule has 0 unspecified atom stereocenters. The Hall–Kier alpha value is -3.02. The van der Waals surface area contributed by atoms with Crippen LogP contribution in [0.15, 0.2) is 47.2 Å². The summed E-state index contributed by atoms with van der Waals surface area (Å²) < 4.78 is 19.5. The van der Waals surface area contributed by atoms with E-state index in [9.17, 15) is 19.4 Å². The first-order valence-electron chi connectivity index (χ1n) is 6.89. The van der Waals surface area contributed by atoms with Gasteiger partial charge >= 0.3 is 0 Å². The Morgan fingerprint density at radius 3 is 2.57 bits per heavy atom. The Balaban J connectivity index is 1.82. The summed E-state index contributed by atoms with van der Waals surface area (Å²) in [5, 5.41) is 19.3. The summed E-state index contributed by atoms with van der Waals surface area (Å²) in [5.74, 6) is -1.06. The maximum atomic E-state index is 12.9. The molecule has 3 aromatic rings. The summed E-state index contributed by atoms with van der Waals surface area (Å²) >= 11 is 0. The highest BCUT2D eigenvalue weighted by atomic mass is 19.1. The molecule has 5 nitrogen and oxygen atoms in total. The number of halogens is 1. The third-order valence-electron chi connectivity index (χ3n) is 3.58. The van der Waals surface area contributed by atoms with E-state index in [0.29, 0.717) is 12.2 Å². The third kappa shape index (κ3) is 2.83. The minimum absolute atomic E-state index is 0.000804. The minimum atomic E-state index is -0.459. The first-order valence-corrected chi connectivity index (χ1v) is 6.89. The second-order valence-electron chi connectivity index (χ2n) is 5.26. The Bertz CT molecular complexity index is 861. The van der Waals surface area contributed by atoms with E-state index in [1.165, 1.54) is 36.2 Å². The highest BCUT2D eigenvalue weighted by molar-refractivity contribution is 6.11. The number of aromatic nitrogens is 1. The predicted molar refractivity (Wildman–Crippen MR) is 80.1 cm³/mol. The topological polar surface area (TPSA) is 75.6 Å². The van der Waals surface area contributed by atoms with Crippen LogP contribution in [-0.4, -0.2) is 20.6 Å². The van der Waals surface area contributed by atoms with Crippen LogP contribution in [0.2, 0.25) is 0 Å². The van der Waals surface area contributed by atoms with Gasteiger partial charge in [-0.2, -0.15) is 0 Å². The summed E-state index contributed by atoms with van der Waals surface area (Å²) in [6.07, 6.45) is 3.06. The molecule has 0 aliphatic heterocycles. The fourth-order valence-electron chi connectivity index (χ4n) is 2.32. The SMILES string of the molecule is Cn1cc(C(=O)c2coc(Cc3ccc(F)cc3)c2)c(O)c1O. The molecule has 2 aromatic heterocycles. The second-order valence-corrected chi connectivity index (χ2v) is 5.26. The Labute approximate surface area is 131 Å². The van der Waals surface area contributed by atoms with E-state index in [-0.39, 0.29) is 22.8 Å². The van der Waals surface area contributed by atoms with E-state index in [1.807, 2.05) is 0 Å². The van der Waals surface area contributed by atoms with E-state index >= 15 is 0 Å². The predicted octanol–water partition coefficient (Wildman–Crippen LogP) is 2.99. The van der Waals surface area contributed by atoms with Gasteiger partial charge in [-0.15, -0.1) is 0 Å². The van der Waals surface area contributed by atoms with Crippen molar-refractivity contribution in [2.24, 2.45) is 7.05 Å². The van der Waals surface area contributed by atoms with Gasteiger partial charge in [0.05, 0.1) is 11.1 Å². The number of aryl methyl sites for hydroxylation is 1. The standard InChI is InChI=1S/C17H14FNO4/c1-19-8-14(16(21)17(19)22)15(20)11-7-13(23-9-11)6-10-2-4-12(18)5-3-10/h2-5,7-9,21-22H,6H2,1H3. The van der Waals surface area contributed by atoms with Crippen molar-refractivity contribution in [1.29, 1.82) is 0 Å². The van der Waals surface area contributed by atoms with Gasteiger partial charge in [-0.3, -0.25) is 4.79 Å². The lowest BCUT2D eigenvalue weighted by Gasteiger charge is -1.97. The lowest BCUT2D eigenvalue weighted by Crippen LogP contribution is -1.98.